The van der Waals surface area contributed by atoms with Crippen LogP contribution < -0.4 is 5.32 Å². The second kappa shape index (κ2) is 6.45. The van der Waals surface area contributed by atoms with Crippen LogP contribution in [0, 0.1) is 20.8 Å². The van der Waals surface area contributed by atoms with E-state index < -0.39 is 0 Å². The van der Waals surface area contributed by atoms with Gasteiger partial charge in [0.1, 0.15) is 17.6 Å². The zero-order chi connectivity index (χ0) is 16.4. The van der Waals surface area contributed by atoms with E-state index in [-0.39, 0.29) is 12.1 Å². The van der Waals surface area contributed by atoms with Crippen molar-refractivity contribution in [3.05, 3.63) is 40.6 Å². The number of nitrogens with zero attached hydrogens (tertiary/aromatic N) is 2. The summed E-state index contributed by atoms with van der Waals surface area (Å²) in [5.41, 5.74) is 2.92. The third kappa shape index (κ3) is 3.39. The number of hydrogen-bond donors (Lipinski definition) is 2. The number of rotatable bonds is 3. The molecule has 2 aromatic heterocycles. The molecule has 0 unspecified atom stereocenters. The highest BCUT2D eigenvalue weighted by atomic mass is 16.5. The maximum atomic E-state index is 12.4. The van der Waals surface area contributed by atoms with Crippen LogP contribution in [0.5, 0.6) is 0 Å². The minimum atomic E-state index is -0.208. The SMILES string of the molecule is Cc1ccc([C@@H]2CN(C(=O)NCc3c(C)n[nH]c3C)CCO2)o1. The van der Waals surface area contributed by atoms with E-state index in [1.165, 1.54) is 0 Å². The van der Waals surface area contributed by atoms with Crippen LogP contribution in [0.1, 0.15) is 34.6 Å². The molecule has 1 saturated heterocycles. The summed E-state index contributed by atoms with van der Waals surface area (Å²) in [6, 6.07) is 3.71. The van der Waals surface area contributed by atoms with Gasteiger partial charge in [-0.15, -0.1) is 0 Å². The minimum Gasteiger partial charge on any atom is -0.464 e. The maximum absolute atomic E-state index is 12.4. The number of nitrogens with one attached hydrogen (secondary N) is 2. The van der Waals surface area contributed by atoms with Gasteiger partial charge in [-0.1, -0.05) is 0 Å². The highest BCUT2D eigenvalue weighted by molar-refractivity contribution is 5.74. The van der Waals surface area contributed by atoms with Crippen molar-refractivity contribution < 1.29 is 13.9 Å². The molecule has 0 bridgehead atoms. The van der Waals surface area contributed by atoms with Crippen molar-refractivity contribution in [1.82, 2.24) is 20.4 Å². The zero-order valence-corrected chi connectivity index (χ0v) is 13.7. The van der Waals surface area contributed by atoms with Gasteiger partial charge < -0.3 is 19.4 Å². The Hall–Kier alpha value is -2.28. The van der Waals surface area contributed by atoms with Gasteiger partial charge in [0.05, 0.1) is 18.8 Å². The Kier molecular flexibility index (Phi) is 4.38. The third-order valence-corrected chi connectivity index (χ3v) is 4.13. The van der Waals surface area contributed by atoms with Crippen LogP contribution in [-0.2, 0) is 11.3 Å². The third-order valence-electron chi connectivity index (χ3n) is 4.13. The number of aromatic nitrogens is 2. The Morgan fingerprint density at radius 1 is 1.43 bits per heavy atom. The number of furan rings is 1. The highest BCUT2D eigenvalue weighted by Gasteiger charge is 2.27. The summed E-state index contributed by atoms with van der Waals surface area (Å²) in [5, 5.41) is 10.0. The summed E-state index contributed by atoms with van der Waals surface area (Å²) < 4.78 is 11.3. The number of hydrogen-bond acceptors (Lipinski definition) is 4. The first-order valence-corrected chi connectivity index (χ1v) is 7.75. The number of urea groups is 1. The molecular weight excluding hydrogens is 296 g/mol. The van der Waals surface area contributed by atoms with Gasteiger partial charge in [-0.3, -0.25) is 5.10 Å². The van der Waals surface area contributed by atoms with Gasteiger partial charge in [0, 0.05) is 24.3 Å². The summed E-state index contributed by atoms with van der Waals surface area (Å²) in [6.07, 6.45) is -0.208. The lowest BCUT2D eigenvalue weighted by atomic mass is 10.2. The van der Waals surface area contributed by atoms with E-state index in [1.807, 2.05) is 32.9 Å². The quantitative estimate of drug-likeness (QED) is 0.909. The van der Waals surface area contributed by atoms with Crippen molar-refractivity contribution in [3.8, 4) is 0 Å². The van der Waals surface area contributed by atoms with Gasteiger partial charge in [-0.2, -0.15) is 5.10 Å². The average Bonchev–Trinajstić information content (AvgIpc) is 3.12. The summed E-state index contributed by atoms with van der Waals surface area (Å²) in [4.78, 5) is 14.2. The molecule has 0 aliphatic carbocycles. The van der Waals surface area contributed by atoms with Crippen molar-refractivity contribution >= 4 is 6.03 Å². The molecule has 2 N–H and O–H groups in total. The van der Waals surface area contributed by atoms with Crippen LogP contribution in [0.25, 0.3) is 0 Å². The van der Waals surface area contributed by atoms with E-state index in [0.29, 0.717) is 26.2 Å². The fourth-order valence-electron chi connectivity index (χ4n) is 2.74. The first kappa shape index (κ1) is 15.6. The largest absolute Gasteiger partial charge is 0.464 e. The Morgan fingerprint density at radius 2 is 2.26 bits per heavy atom. The van der Waals surface area contributed by atoms with E-state index >= 15 is 0 Å². The lowest BCUT2D eigenvalue weighted by Gasteiger charge is -2.32. The molecule has 0 aromatic carbocycles. The Morgan fingerprint density at radius 3 is 2.91 bits per heavy atom. The van der Waals surface area contributed by atoms with Gasteiger partial charge in [-0.25, -0.2) is 4.79 Å². The topological polar surface area (TPSA) is 83.4 Å². The van der Waals surface area contributed by atoms with Gasteiger partial charge in [0.25, 0.3) is 0 Å². The molecule has 2 amide bonds. The van der Waals surface area contributed by atoms with Crippen LogP contribution in [0.4, 0.5) is 4.79 Å². The molecule has 1 fully saturated rings. The predicted octanol–water partition coefficient (Wildman–Crippen LogP) is 2.21. The molecule has 7 heteroatoms. The van der Waals surface area contributed by atoms with Crippen molar-refractivity contribution in [2.45, 2.75) is 33.4 Å². The number of morpholine rings is 1. The number of aryl methyl sites for hydroxylation is 3. The number of H-pyrrole nitrogens is 1. The fraction of sp³-hybridized carbons (Fsp3) is 0.500. The van der Waals surface area contributed by atoms with Crippen LogP contribution in [-0.4, -0.2) is 40.8 Å². The fourth-order valence-corrected chi connectivity index (χ4v) is 2.74. The summed E-state index contributed by atoms with van der Waals surface area (Å²) >= 11 is 0. The lowest BCUT2D eigenvalue weighted by Crippen LogP contribution is -2.47. The summed E-state index contributed by atoms with van der Waals surface area (Å²) in [7, 11) is 0. The Bertz CT molecular complexity index is 672. The van der Waals surface area contributed by atoms with Crippen molar-refractivity contribution in [1.29, 1.82) is 0 Å². The average molecular weight is 318 g/mol. The summed E-state index contributed by atoms with van der Waals surface area (Å²) in [5.74, 6) is 1.61. The van der Waals surface area contributed by atoms with Crippen LogP contribution in [0.3, 0.4) is 0 Å². The molecule has 3 rings (SSSR count). The first-order chi connectivity index (χ1) is 11.0. The van der Waals surface area contributed by atoms with Crippen molar-refractivity contribution in [2.75, 3.05) is 19.7 Å². The molecule has 0 radical (unpaired) electrons. The standard InChI is InChI=1S/C16H22N4O3/c1-10-4-5-14(23-10)15-9-20(6-7-22-15)16(21)17-8-13-11(2)18-19-12(13)3/h4-5,15H,6-9H2,1-3H3,(H,17,21)(H,18,19)/t15-/m0/s1. The van der Waals surface area contributed by atoms with Crippen molar-refractivity contribution in [3.63, 3.8) is 0 Å². The number of amides is 2. The minimum absolute atomic E-state index is 0.0958. The molecule has 1 aliphatic rings. The molecule has 124 valence electrons. The lowest BCUT2D eigenvalue weighted by molar-refractivity contribution is -0.0263. The first-order valence-electron chi connectivity index (χ1n) is 7.75. The smallest absolute Gasteiger partial charge is 0.317 e. The molecular formula is C16H22N4O3. The van der Waals surface area contributed by atoms with Crippen LogP contribution in [0.2, 0.25) is 0 Å². The number of aromatic amines is 1. The number of ether oxygens (including phenoxy) is 1. The Labute approximate surface area is 135 Å². The molecule has 2 aromatic rings. The number of carbonyl (C=O) groups is 1. The predicted molar refractivity (Wildman–Crippen MR) is 84.0 cm³/mol. The zero-order valence-electron chi connectivity index (χ0n) is 13.7. The van der Waals surface area contributed by atoms with E-state index in [1.54, 1.807) is 4.90 Å². The monoisotopic (exact) mass is 318 g/mol. The van der Waals surface area contributed by atoms with E-state index in [4.69, 9.17) is 9.15 Å². The van der Waals surface area contributed by atoms with E-state index in [9.17, 15) is 4.79 Å². The summed E-state index contributed by atoms with van der Waals surface area (Å²) in [6.45, 7) is 7.80. The van der Waals surface area contributed by atoms with Gasteiger partial charge in [0.15, 0.2) is 0 Å². The van der Waals surface area contributed by atoms with Crippen molar-refractivity contribution in [2.24, 2.45) is 0 Å². The Balaban J connectivity index is 1.59. The molecule has 1 atom stereocenters. The molecule has 1 aliphatic heterocycles. The number of carbonyl (C=O) groups excluding carboxylic acids is 1. The second-order valence-electron chi connectivity index (χ2n) is 5.83. The molecule has 23 heavy (non-hydrogen) atoms. The molecule has 0 spiro atoms. The van der Waals surface area contributed by atoms with E-state index in [0.717, 1.165) is 28.5 Å². The molecule has 0 saturated carbocycles. The van der Waals surface area contributed by atoms with Gasteiger partial charge >= 0.3 is 6.03 Å². The highest BCUT2D eigenvalue weighted by Crippen LogP contribution is 2.24. The molecule has 3 heterocycles. The molecule has 7 nitrogen and oxygen atoms in total. The van der Waals surface area contributed by atoms with Crippen LogP contribution >= 0.6 is 0 Å². The van der Waals surface area contributed by atoms with E-state index in [2.05, 4.69) is 15.5 Å². The van der Waals surface area contributed by atoms with Crippen LogP contribution in [0.15, 0.2) is 16.5 Å². The second-order valence-corrected chi connectivity index (χ2v) is 5.83. The van der Waals surface area contributed by atoms with Gasteiger partial charge in [0.2, 0.25) is 0 Å². The van der Waals surface area contributed by atoms with Gasteiger partial charge in [-0.05, 0) is 32.9 Å². The normalized spacial score (nSPS) is 18.2. The maximum Gasteiger partial charge on any atom is 0.317 e.